The summed E-state index contributed by atoms with van der Waals surface area (Å²) in [6, 6.07) is 7.83. The van der Waals surface area contributed by atoms with Crippen molar-refractivity contribution in [3.63, 3.8) is 0 Å². The van der Waals surface area contributed by atoms with Crippen molar-refractivity contribution >= 4 is 40.3 Å². The third-order valence-corrected chi connectivity index (χ3v) is 4.39. The van der Waals surface area contributed by atoms with Gasteiger partial charge in [0.2, 0.25) is 0 Å². The molecule has 0 spiro atoms. The van der Waals surface area contributed by atoms with Crippen LogP contribution in [0.2, 0.25) is 5.02 Å². The van der Waals surface area contributed by atoms with Gasteiger partial charge in [0.25, 0.3) is 0 Å². The van der Waals surface area contributed by atoms with E-state index in [4.69, 9.17) is 23.8 Å². The zero-order valence-electron chi connectivity index (χ0n) is 12.6. The van der Waals surface area contributed by atoms with E-state index in [0.717, 1.165) is 28.5 Å². The van der Waals surface area contributed by atoms with Gasteiger partial charge in [0.15, 0.2) is 9.91 Å². The van der Waals surface area contributed by atoms with Crippen LogP contribution in [0.25, 0.3) is 0 Å². The third-order valence-electron chi connectivity index (χ3n) is 2.99. The molecule has 0 aliphatic heterocycles. The van der Waals surface area contributed by atoms with E-state index in [1.54, 1.807) is 11.3 Å². The van der Waals surface area contributed by atoms with Crippen molar-refractivity contribution in [2.75, 3.05) is 27.2 Å². The Kier molecular flexibility index (Phi) is 6.57. The van der Waals surface area contributed by atoms with Crippen LogP contribution in [-0.4, -0.2) is 41.8 Å². The van der Waals surface area contributed by atoms with Crippen LogP contribution in [0.4, 0.5) is 0 Å². The number of nitrogens with zero attached hydrogens (tertiary/aromatic N) is 3. The van der Waals surface area contributed by atoms with Gasteiger partial charge in [-0.05, 0) is 37.9 Å². The van der Waals surface area contributed by atoms with E-state index in [1.165, 1.54) is 0 Å². The maximum absolute atomic E-state index is 6.21. The summed E-state index contributed by atoms with van der Waals surface area (Å²) >= 11 is 13.0. The SMILES string of the molecule is CN(C)CCNC(=S)N=c1sccn1Cc1ccccc1Cl. The van der Waals surface area contributed by atoms with Crippen LogP contribution in [-0.2, 0) is 6.54 Å². The molecular weight excluding hydrogens is 336 g/mol. The molecule has 0 saturated carbocycles. The number of hydrogen-bond acceptors (Lipinski definition) is 3. The zero-order valence-corrected chi connectivity index (χ0v) is 15.0. The molecule has 118 valence electrons. The van der Waals surface area contributed by atoms with Crippen LogP contribution >= 0.6 is 35.2 Å². The van der Waals surface area contributed by atoms with E-state index >= 15 is 0 Å². The first kappa shape index (κ1) is 17.1. The van der Waals surface area contributed by atoms with Crippen LogP contribution in [0.3, 0.4) is 0 Å². The Morgan fingerprint density at radius 2 is 2.18 bits per heavy atom. The standard InChI is InChI=1S/C15H19ClN4S2/c1-19(2)8-7-17-14(21)18-15-20(9-10-22-15)11-12-5-3-4-6-13(12)16/h3-6,9-10H,7-8,11H2,1-2H3,(H,17,21). The van der Waals surface area contributed by atoms with Crippen LogP contribution in [0.1, 0.15) is 5.56 Å². The Hall–Kier alpha value is -1.21. The van der Waals surface area contributed by atoms with E-state index < -0.39 is 0 Å². The van der Waals surface area contributed by atoms with Gasteiger partial charge in [-0.1, -0.05) is 29.8 Å². The highest BCUT2D eigenvalue weighted by Crippen LogP contribution is 2.15. The summed E-state index contributed by atoms with van der Waals surface area (Å²) in [6.45, 7) is 2.38. The first-order valence-electron chi connectivity index (χ1n) is 6.91. The van der Waals surface area contributed by atoms with E-state index in [2.05, 4.69) is 15.2 Å². The fourth-order valence-electron chi connectivity index (χ4n) is 1.83. The largest absolute Gasteiger partial charge is 0.360 e. The Labute approximate surface area is 145 Å². The van der Waals surface area contributed by atoms with Gasteiger partial charge in [0.05, 0.1) is 6.54 Å². The zero-order chi connectivity index (χ0) is 15.9. The quantitative estimate of drug-likeness (QED) is 0.838. The molecule has 0 unspecified atom stereocenters. The molecule has 0 saturated heterocycles. The molecule has 0 amide bonds. The summed E-state index contributed by atoms with van der Waals surface area (Å²) in [5.41, 5.74) is 1.07. The number of hydrogen-bond donors (Lipinski definition) is 1. The summed E-state index contributed by atoms with van der Waals surface area (Å²) in [5.74, 6) is 0. The molecule has 0 radical (unpaired) electrons. The number of thiazole rings is 1. The number of nitrogens with one attached hydrogen (secondary N) is 1. The minimum Gasteiger partial charge on any atom is -0.360 e. The van der Waals surface area contributed by atoms with Crippen molar-refractivity contribution in [3.8, 4) is 0 Å². The highest BCUT2D eigenvalue weighted by atomic mass is 35.5. The lowest BCUT2D eigenvalue weighted by Gasteiger charge is -2.10. The lowest BCUT2D eigenvalue weighted by atomic mass is 10.2. The maximum atomic E-state index is 6.21. The number of thiocarbonyl (C=S) groups is 1. The fourth-order valence-corrected chi connectivity index (χ4v) is 3.01. The van der Waals surface area contributed by atoms with Crippen LogP contribution in [0.15, 0.2) is 40.8 Å². The average Bonchev–Trinajstić information content (AvgIpc) is 2.88. The van der Waals surface area contributed by atoms with E-state index in [0.29, 0.717) is 11.7 Å². The molecule has 0 aliphatic carbocycles. The molecule has 1 aromatic carbocycles. The summed E-state index contributed by atoms with van der Waals surface area (Å²) in [5, 5.41) is 6.42. The predicted octanol–water partition coefficient (Wildman–Crippen LogP) is 2.59. The highest BCUT2D eigenvalue weighted by molar-refractivity contribution is 7.80. The number of halogens is 1. The number of rotatable bonds is 5. The van der Waals surface area contributed by atoms with Gasteiger partial charge in [-0.25, -0.2) is 0 Å². The molecule has 1 heterocycles. The smallest absolute Gasteiger partial charge is 0.195 e. The van der Waals surface area contributed by atoms with Gasteiger partial charge >= 0.3 is 0 Å². The minimum absolute atomic E-state index is 0.511. The van der Waals surface area contributed by atoms with Gasteiger partial charge in [-0.3, -0.25) is 0 Å². The van der Waals surface area contributed by atoms with Crippen molar-refractivity contribution in [2.45, 2.75) is 6.54 Å². The molecule has 0 aliphatic rings. The molecule has 0 fully saturated rings. The van der Waals surface area contributed by atoms with Gasteiger partial charge in [-0.15, -0.1) is 11.3 Å². The Bertz CT molecular complexity index is 691. The lowest BCUT2D eigenvalue weighted by Crippen LogP contribution is -2.31. The Morgan fingerprint density at radius 3 is 2.91 bits per heavy atom. The van der Waals surface area contributed by atoms with Crippen molar-refractivity contribution < 1.29 is 0 Å². The molecule has 2 aromatic rings. The van der Waals surface area contributed by atoms with Gasteiger partial charge in [0, 0.05) is 29.7 Å². The molecule has 0 atom stereocenters. The predicted molar refractivity (Wildman–Crippen MR) is 97.6 cm³/mol. The summed E-state index contributed by atoms with van der Waals surface area (Å²) in [7, 11) is 4.05. The molecule has 0 bridgehead atoms. The van der Waals surface area contributed by atoms with E-state index in [-0.39, 0.29) is 0 Å². The fraction of sp³-hybridized carbons (Fsp3) is 0.333. The molecule has 22 heavy (non-hydrogen) atoms. The maximum Gasteiger partial charge on any atom is 0.195 e. The van der Waals surface area contributed by atoms with Crippen molar-refractivity contribution in [2.24, 2.45) is 4.99 Å². The molecular formula is C15H19ClN4S2. The Balaban J connectivity index is 2.07. The summed E-state index contributed by atoms with van der Waals surface area (Å²) in [4.78, 5) is 7.44. The van der Waals surface area contributed by atoms with E-state index in [1.807, 2.05) is 54.5 Å². The number of likely N-dealkylation sites (N-methyl/N-ethyl adjacent to an activating group) is 1. The van der Waals surface area contributed by atoms with Gasteiger partial charge in [0.1, 0.15) is 0 Å². The van der Waals surface area contributed by atoms with Crippen LogP contribution < -0.4 is 10.1 Å². The summed E-state index contributed by atoms with van der Waals surface area (Å²) < 4.78 is 2.05. The molecule has 1 aromatic heterocycles. The topological polar surface area (TPSA) is 32.6 Å². The first-order valence-corrected chi connectivity index (χ1v) is 8.57. The van der Waals surface area contributed by atoms with Gasteiger partial charge in [-0.2, -0.15) is 4.99 Å². The second-order valence-electron chi connectivity index (χ2n) is 5.05. The van der Waals surface area contributed by atoms with Crippen LogP contribution in [0.5, 0.6) is 0 Å². The van der Waals surface area contributed by atoms with Crippen molar-refractivity contribution in [3.05, 3.63) is 51.2 Å². The number of aromatic nitrogens is 1. The first-order chi connectivity index (χ1) is 10.6. The Morgan fingerprint density at radius 1 is 1.41 bits per heavy atom. The number of benzene rings is 1. The highest BCUT2D eigenvalue weighted by Gasteiger charge is 2.02. The summed E-state index contributed by atoms with van der Waals surface area (Å²) in [6.07, 6.45) is 2.00. The second kappa shape index (κ2) is 8.43. The molecule has 4 nitrogen and oxygen atoms in total. The molecule has 1 N–H and O–H groups in total. The average molecular weight is 355 g/mol. The molecule has 2 rings (SSSR count). The second-order valence-corrected chi connectivity index (χ2v) is 6.72. The minimum atomic E-state index is 0.511. The van der Waals surface area contributed by atoms with Crippen molar-refractivity contribution in [1.29, 1.82) is 0 Å². The monoisotopic (exact) mass is 354 g/mol. The van der Waals surface area contributed by atoms with Gasteiger partial charge < -0.3 is 14.8 Å². The van der Waals surface area contributed by atoms with Crippen LogP contribution in [0, 0.1) is 0 Å². The van der Waals surface area contributed by atoms with E-state index in [9.17, 15) is 0 Å². The third kappa shape index (κ3) is 5.21. The molecule has 7 heteroatoms. The lowest BCUT2D eigenvalue weighted by molar-refractivity contribution is 0.413. The van der Waals surface area contributed by atoms with Crippen molar-refractivity contribution in [1.82, 2.24) is 14.8 Å². The normalized spacial score (nSPS) is 11.9.